The van der Waals surface area contributed by atoms with E-state index in [2.05, 4.69) is 5.32 Å². The summed E-state index contributed by atoms with van der Waals surface area (Å²) < 4.78 is 0. The molecule has 5 nitrogen and oxygen atoms in total. The summed E-state index contributed by atoms with van der Waals surface area (Å²) in [5.74, 6) is -0.218. The van der Waals surface area contributed by atoms with Crippen LogP contribution < -0.4 is 16.0 Å². The average Bonchev–Trinajstić information content (AvgIpc) is 3.08. The van der Waals surface area contributed by atoms with Crippen LogP contribution in [0.1, 0.15) is 32.1 Å². The molecule has 1 unspecified atom stereocenters. The fourth-order valence-corrected chi connectivity index (χ4v) is 3.21. The standard InChI is InChI=1S/C16H21N3O2.ClH/c17-16(9-4-5-10-16)15(21)18-13-8-11-19(14(13)20)12-6-2-1-3-7-12;/h1-3,6-7,13H,4-5,8-11,17H2,(H,18,21);1H. The van der Waals surface area contributed by atoms with E-state index in [9.17, 15) is 9.59 Å². The lowest BCUT2D eigenvalue weighted by Crippen LogP contribution is -2.55. The van der Waals surface area contributed by atoms with Gasteiger partial charge in [-0.3, -0.25) is 9.59 Å². The van der Waals surface area contributed by atoms with Gasteiger partial charge in [-0.1, -0.05) is 31.0 Å². The summed E-state index contributed by atoms with van der Waals surface area (Å²) in [4.78, 5) is 26.5. The van der Waals surface area contributed by atoms with Crippen LogP contribution in [-0.4, -0.2) is 29.9 Å². The van der Waals surface area contributed by atoms with Gasteiger partial charge in [0.15, 0.2) is 0 Å². The Hall–Kier alpha value is -1.59. The van der Waals surface area contributed by atoms with Gasteiger partial charge < -0.3 is 16.0 Å². The molecule has 3 N–H and O–H groups in total. The zero-order valence-corrected chi connectivity index (χ0v) is 13.3. The fourth-order valence-electron chi connectivity index (χ4n) is 3.21. The molecule has 1 aromatic carbocycles. The number of carbonyl (C=O) groups is 2. The maximum Gasteiger partial charge on any atom is 0.249 e. The molecular formula is C16H22ClN3O2. The van der Waals surface area contributed by atoms with E-state index >= 15 is 0 Å². The normalized spacial score (nSPS) is 23.2. The first-order valence-corrected chi connectivity index (χ1v) is 7.56. The van der Waals surface area contributed by atoms with E-state index in [1.807, 2.05) is 30.3 Å². The number of hydrogen-bond donors (Lipinski definition) is 2. The van der Waals surface area contributed by atoms with Crippen LogP contribution in [0.25, 0.3) is 0 Å². The molecule has 1 aromatic rings. The lowest BCUT2D eigenvalue weighted by Gasteiger charge is -2.24. The van der Waals surface area contributed by atoms with Gasteiger partial charge in [-0.05, 0) is 31.4 Å². The Morgan fingerprint density at radius 2 is 1.86 bits per heavy atom. The Morgan fingerprint density at radius 1 is 1.23 bits per heavy atom. The van der Waals surface area contributed by atoms with Gasteiger partial charge in [0.1, 0.15) is 6.04 Å². The monoisotopic (exact) mass is 323 g/mol. The quantitative estimate of drug-likeness (QED) is 0.887. The minimum absolute atomic E-state index is 0. The highest BCUT2D eigenvalue weighted by Gasteiger charge is 2.41. The summed E-state index contributed by atoms with van der Waals surface area (Å²) in [7, 11) is 0. The highest BCUT2D eigenvalue weighted by atomic mass is 35.5. The second kappa shape index (κ2) is 6.67. The van der Waals surface area contributed by atoms with Gasteiger partial charge >= 0.3 is 0 Å². The van der Waals surface area contributed by atoms with E-state index < -0.39 is 11.6 Å². The largest absolute Gasteiger partial charge is 0.343 e. The van der Waals surface area contributed by atoms with Gasteiger partial charge in [0.2, 0.25) is 11.8 Å². The van der Waals surface area contributed by atoms with E-state index in [0.29, 0.717) is 25.8 Å². The van der Waals surface area contributed by atoms with Crippen molar-refractivity contribution in [2.45, 2.75) is 43.7 Å². The second-order valence-corrected chi connectivity index (χ2v) is 6.00. The van der Waals surface area contributed by atoms with Gasteiger partial charge in [-0.15, -0.1) is 12.4 Å². The smallest absolute Gasteiger partial charge is 0.249 e. The first-order valence-electron chi connectivity index (χ1n) is 7.56. The number of rotatable bonds is 3. The number of para-hydroxylation sites is 1. The average molecular weight is 324 g/mol. The van der Waals surface area contributed by atoms with Crippen molar-refractivity contribution in [3.8, 4) is 0 Å². The van der Waals surface area contributed by atoms with Gasteiger partial charge in [0.25, 0.3) is 0 Å². The first-order chi connectivity index (χ1) is 10.1. The molecule has 1 atom stereocenters. The number of benzene rings is 1. The molecule has 6 heteroatoms. The van der Waals surface area contributed by atoms with Crippen LogP contribution >= 0.6 is 12.4 Å². The Bertz CT molecular complexity index is 544. The van der Waals surface area contributed by atoms with Crippen molar-refractivity contribution in [2.24, 2.45) is 5.73 Å². The number of nitrogens with one attached hydrogen (secondary N) is 1. The van der Waals surface area contributed by atoms with Crippen LogP contribution in [0.4, 0.5) is 5.69 Å². The molecule has 2 amide bonds. The summed E-state index contributed by atoms with van der Waals surface area (Å²) in [6, 6.07) is 9.09. The zero-order valence-electron chi connectivity index (χ0n) is 12.5. The third kappa shape index (κ3) is 3.10. The minimum Gasteiger partial charge on any atom is -0.343 e. The van der Waals surface area contributed by atoms with Crippen LogP contribution in [0.5, 0.6) is 0 Å². The number of halogens is 1. The topological polar surface area (TPSA) is 75.4 Å². The van der Waals surface area contributed by atoms with Crippen molar-refractivity contribution in [3.63, 3.8) is 0 Å². The summed E-state index contributed by atoms with van der Waals surface area (Å²) in [6.45, 7) is 0.630. The molecule has 1 heterocycles. The van der Waals surface area contributed by atoms with E-state index in [1.165, 1.54) is 0 Å². The number of amides is 2. The summed E-state index contributed by atoms with van der Waals surface area (Å²) in [5.41, 5.74) is 6.24. The molecule has 1 saturated carbocycles. The van der Waals surface area contributed by atoms with Gasteiger partial charge in [0.05, 0.1) is 5.54 Å². The van der Waals surface area contributed by atoms with E-state index in [-0.39, 0.29) is 24.2 Å². The van der Waals surface area contributed by atoms with Crippen molar-refractivity contribution in [2.75, 3.05) is 11.4 Å². The van der Waals surface area contributed by atoms with E-state index in [4.69, 9.17) is 5.73 Å². The van der Waals surface area contributed by atoms with E-state index in [0.717, 1.165) is 18.5 Å². The molecular weight excluding hydrogens is 302 g/mol. The zero-order chi connectivity index (χ0) is 14.9. The molecule has 22 heavy (non-hydrogen) atoms. The molecule has 120 valence electrons. The molecule has 1 aliphatic heterocycles. The third-order valence-corrected chi connectivity index (χ3v) is 4.53. The predicted molar refractivity (Wildman–Crippen MR) is 88.0 cm³/mol. The highest BCUT2D eigenvalue weighted by molar-refractivity contribution is 6.02. The Kier molecular flexibility index (Phi) is 5.08. The lowest BCUT2D eigenvalue weighted by atomic mass is 9.97. The number of anilines is 1. The van der Waals surface area contributed by atoms with Crippen LogP contribution in [0.15, 0.2) is 30.3 Å². The van der Waals surface area contributed by atoms with Crippen LogP contribution in [0.2, 0.25) is 0 Å². The molecule has 2 fully saturated rings. The highest BCUT2D eigenvalue weighted by Crippen LogP contribution is 2.28. The van der Waals surface area contributed by atoms with Crippen molar-refractivity contribution < 1.29 is 9.59 Å². The Morgan fingerprint density at radius 3 is 2.50 bits per heavy atom. The lowest BCUT2D eigenvalue weighted by molar-refractivity contribution is -0.130. The molecule has 1 saturated heterocycles. The maximum absolute atomic E-state index is 12.4. The predicted octanol–water partition coefficient (Wildman–Crippen LogP) is 1.60. The number of hydrogen-bond acceptors (Lipinski definition) is 3. The molecule has 0 aromatic heterocycles. The molecule has 2 aliphatic rings. The van der Waals surface area contributed by atoms with Crippen molar-refractivity contribution in [3.05, 3.63) is 30.3 Å². The Labute approximate surface area is 136 Å². The van der Waals surface area contributed by atoms with Crippen molar-refractivity contribution >= 4 is 29.9 Å². The number of carbonyl (C=O) groups excluding carboxylic acids is 2. The molecule has 1 aliphatic carbocycles. The third-order valence-electron chi connectivity index (χ3n) is 4.53. The fraction of sp³-hybridized carbons (Fsp3) is 0.500. The first kappa shape index (κ1) is 16.8. The SMILES string of the molecule is Cl.NC1(C(=O)NC2CCN(c3ccccc3)C2=O)CCCC1. The van der Waals surface area contributed by atoms with Crippen LogP contribution in [0.3, 0.4) is 0 Å². The molecule has 0 bridgehead atoms. The molecule has 0 spiro atoms. The van der Waals surface area contributed by atoms with Gasteiger partial charge in [0, 0.05) is 12.2 Å². The second-order valence-electron chi connectivity index (χ2n) is 6.00. The van der Waals surface area contributed by atoms with Crippen LogP contribution in [-0.2, 0) is 9.59 Å². The molecule has 3 rings (SSSR count). The maximum atomic E-state index is 12.4. The van der Waals surface area contributed by atoms with Crippen molar-refractivity contribution in [1.82, 2.24) is 5.32 Å². The molecule has 0 radical (unpaired) electrons. The number of nitrogens with two attached hydrogens (primary N) is 1. The Balaban J connectivity index is 0.00000176. The summed E-state index contributed by atoms with van der Waals surface area (Å²) in [6.07, 6.45) is 4.02. The number of nitrogens with zero attached hydrogens (tertiary/aromatic N) is 1. The van der Waals surface area contributed by atoms with Gasteiger partial charge in [-0.2, -0.15) is 0 Å². The minimum atomic E-state index is -0.777. The van der Waals surface area contributed by atoms with Gasteiger partial charge in [-0.25, -0.2) is 0 Å². The van der Waals surface area contributed by atoms with Crippen molar-refractivity contribution in [1.29, 1.82) is 0 Å². The van der Waals surface area contributed by atoms with Crippen LogP contribution in [0, 0.1) is 0 Å². The summed E-state index contributed by atoms with van der Waals surface area (Å²) in [5, 5.41) is 2.86. The van der Waals surface area contributed by atoms with E-state index in [1.54, 1.807) is 4.90 Å². The summed E-state index contributed by atoms with van der Waals surface area (Å²) >= 11 is 0.